The molecule has 19 heavy (non-hydrogen) atoms. The molecule has 2 rings (SSSR count). The summed E-state index contributed by atoms with van der Waals surface area (Å²) in [6, 6.07) is 7.37. The Morgan fingerprint density at radius 2 is 2.11 bits per heavy atom. The molecule has 2 N–H and O–H groups in total. The van der Waals surface area contributed by atoms with Crippen LogP contribution in [0.2, 0.25) is 0 Å². The van der Waals surface area contributed by atoms with Gasteiger partial charge in [-0.25, -0.2) is 0 Å². The van der Waals surface area contributed by atoms with E-state index in [1.165, 1.54) is 0 Å². The van der Waals surface area contributed by atoms with Crippen molar-refractivity contribution in [3.05, 3.63) is 34.3 Å². The van der Waals surface area contributed by atoms with Crippen LogP contribution >= 0.6 is 15.9 Å². The summed E-state index contributed by atoms with van der Waals surface area (Å²) in [5.41, 5.74) is 5.57. The minimum absolute atomic E-state index is 0.0567. The van der Waals surface area contributed by atoms with Crippen LogP contribution in [0, 0.1) is 5.41 Å². The molecular formula is C14H17BrN2O2. The van der Waals surface area contributed by atoms with Crippen LogP contribution in [0.5, 0.6) is 0 Å². The summed E-state index contributed by atoms with van der Waals surface area (Å²) >= 11 is 3.38. The van der Waals surface area contributed by atoms with Crippen LogP contribution in [0.4, 0.5) is 0 Å². The van der Waals surface area contributed by atoms with Gasteiger partial charge in [-0.1, -0.05) is 34.1 Å². The molecule has 1 amide bonds. The maximum absolute atomic E-state index is 12.2. The normalized spacial score (nSPS) is 23.5. The summed E-state index contributed by atoms with van der Waals surface area (Å²) < 4.78 is 0.803. The quantitative estimate of drug-likeness (QED) is 0.859. The van der Waals surface area contributed by atoms with E-state index < -0.39 is 5.41 Å². The van der Waals surface area contributed by atoms with Gasteiger partial charge in [0.15, 0.2) is 5.78 Å². The van der Waals surface area contributed by atoms with Gasteiger partial charge in [-0.3, -0.25) is 14.5 Å². The molecule has 1 aliphatic heterocycles. The van der Waals surface area contributed by atoms with Gasteiger partial charge in [-0.2, -0.15) is 0 Å². The first kappa shape index (κ1) is 14.2. The van der Waals surface area contributed by atoms with E-state index in [1.54, 1.807) is 6.07 Å². The number of nitrogens with zero attached hydrogens (tertiary/aromatic N) is 1. The summed E-state index contributed by atoms with van der Waals surface area (Å²) in [4.78, 5) is 25.6. The molecule has 0 aromatic heterocycles. The fraction of sp³-hybridized carbons (Fsp3) is 0.429. The number of hydrogen-bond acceptors (Lipinski definition) is 3. The molecule has 0 spiro atoms. The Hall–Kier alpha value is -1.20. The Labute approximate surface area is 121 Å². The number of carbonyl (C=O) groups excluding carboxylic acids is 2. The molecule has 5 heteroatoms. The molecule has 0 bridgehead atoms. The maximum Gasteiger partial charge on any atom is 0.224 e. The predicted octanol–water partition coefficient (Wildman–Crippen LogP) is 1.83. The standard InChI is InChI=1S/C14H17BrN2O2/c1-14(13(16)19)6-7-17(9-14)8-12(18)10-4-2-3-5-11(10)15/h2-5H,6-9H2,1H3,(H2,16,19). The molecule has 1 aromatic carbocycles. The second-order valence-electron chi connectivity index (χ2n) is 5.29. The van der Waals surface area contributed by atoms with Gasteiger partial charge in [-0.05, 0) is 26.0 Å². The lowest BCUT2D eigenvalue weighted by Crippen LogP contribution is -2.38. The molecule has 1 unspecified atom stereocenters. The molecule has 4 nitrogen and oxygen atoms in total. The van der Waals surface area contributed by atoms with Gasteiger partial charge < -0.3 is 5.73 Å². The molecular weight excluding hydrogens is 308 g/mol. The molecule has 1 heterocycles. The minimum Gasteiger partial charge on any atom is -0.369 e. The van der Waals surface area contributed by atoms with Crippen LogP contribution in [0.1, 0.15) is 23.7 Å². The van der Waals surface area contributed by atoms with Crippen molar-refractivity contribution in [3.8, 4) is 0 Å². The number of rotatable bonds is 4. The largest absolute Gasteiger partial charge is 0.369 e. The SMILES string of the molecule is CC1(C(N)=O)CCN(CC(=O)c2ccccc2Br)C1. The molecule has 1 aromatic rings. The summed E-state index contributed by atoms with van der Waals surface area (Å²) in [6.07, 6.45) is 0.714. The van der Waals surface area contributed by atoms with E-state index in [-0.39, 0.29) is 11.7 Å². The molecule has 1 fully saturated rings. The van der Waals surface area contributed by atoms with E-state index in [2.05, 4.69) is 15.9 Å². The molecule has 1 saturated heterocycles. The van der Waals surface area contributed by atoms with Crippen LogP contribution in [-0.4, -0.2) is 36.2 Å². The van der Waals surface area contributed by atoms with Crippen molar-refractivity contribution in [1.29, 1.82) is 0 Å². The number of nitrogens with two attached hydrogens (primary N) is 1. The Bertz CT molecular complexity index is 518. The summed E-state index contributed by atoms with van der Waals surface area (Å²) in [5.74, 6) is -0.232. The van der Waals surface area contributed by atoms with Crippen LogP contribution in [0.3, 0.4) is 0 Å². The van der Waals surface area contributed by atoms with Crippen molar-refractivity contribution in [2.24, 2.45) is 11.1 Å². The number of halogens is 1. The Kier molecular flexibility index (Phi) is 4.06. The lowest BCUT2D eigenvalue weighted by molar-refractivity contribution is -0.126. The highest BCUT2D eigenvalue weighted by molar-refractivity contribution is 9.10. The van der Waals surface area contributed by atoms with E-state index >= 15 is 0 Å². The van der Waals surface area contributed by atoms with Crippen molar-refractivity contribution < 1.29 is 9.59 Å². The van der Waals surface area contributed by atoms with Crippen molar-refractivity contribution in [2.75, 3.05) is 19.6 Å². The van der Waals surface area contributed by atoms with Crippen molar-refractivity contribution in [1.82, 2.24) is 4.90 Å². The van der Waals surface area contributed by atoms with E-state index in [9.17, 15) is 9.59 Å². The van der Waals surface area contributed by atoms with Crippen LogP contribution in [0.25, 0.3) is 0 Å². The van der Waals surface area contributed by atoms with Crippen LogP contribution in [0.15, 0.2) is 28.7 Å². The van der Waals surface area contributed by atoms with E-state index in [4.69, 9.17) is 5.73 Å². The summed E-state index contributed by atoms with van der Waals surface area (Å²) in [6.45, 7) is 3.47. The van der Waals surface area contributed by atoms with Gasteiger partial charge in [0.2, 0.25) is 5.91 Å². The molecule has 1 atom stereocenters. The van der Waals surface area contributed by atoms with Crippen molar-refractivity contribution >= 4 is 27.6 Å². The highest BCUT2D eigenvalue weighted by atomic mass is 79.9. The number of amides is 1. The Morgan fingerprint density at radius 1 is 1.42 bits per heavy atom. The third-order valence-corrected chi connectivity index (χ3v) is 4.38. The Morgan fingerprint density at radius 3 is 2.68 bits per heavy atom. The average molecular weight is 325 g/mol. The molecule has 0 aliphatic carbocycles. The number of benzene rings is 1. The third kappa shape index (κ3) is 3.04. The smallest absolute Gasteiger partial charge is 0.224 e. The van der Waals surface area contributed by atoms with E-state index in [0.29, 0.717) is 25.1 Å². The molecule has 102 valence electrons. The summed E-state index contributed by atoms with van der Waals surface area (Å²) in [5, 5.41) is 0. The van der Waals surface area contributed by atoms with Crippen molar-refractivity contribution in [2.45, 2.75) is 13.3 Å². The van der Waals surface area contributed by atoms with Gasteiger partial charge >= 0.3 is 0 Å². The Balaban J connectivity index is 2.02. The molecule has 0 radical (unpaired) electrons. The number of carbonyl (C=O) groups is 2. The maximum atomic E-state index is 12.2. The topological polar surface area (TPSA) is 63.4 Å². The first-order valence-electron chi connectivity index (χ1n) is 6.22. The first-order chi connectivity index (χ1) is 8.92. The first-order valence-corrected chi connectivity index (χ1v) is 7.02. The second-order valence-corrected chi connectivity index (χ2v) is 6.14. The number of ketones is 1. The monoisotopic (exact) mass is 324 g/mol. The van der Waals surface area contributed by atoms with Gasteiger partial charge in [0.1, 0.15) is 0 Å². The van der Waals surface area contributed by atoms with E-state index in [1.807, 2.05) is 30.0 Å². The average Bonchev–Trinajstić information content (AvgIpc) is 2.73. The van der Waals surface area contributed by atoms with Crippen LogP contribution < -0.4 is 5.73 Å². The van der Waals surface area contributed by atoms with Gasteiger partial charge in [0.05, 0.1) is 12.0 Å². The van der Waals surface area contributed by atoms with Gasteiger partial charge in [-0.15, -0.1) is 0 Å². The second kappa shape index (κ2) is 5.43. The molecule has 1 aliphatic rings. The zero-order valence-electron chi connectivity index (χ0n) is 10.9. The fourth-order valence-corrected chi connectivity index (χ4v) is 2.87. The zero-order valence-corrected chi connectivity index (χ0v) is 12.4. The number of primary amides is 1. The fourth-order valence-electron chi connectivity index (χ4n) is 2.37. The third-order valence-electron chi connectivity index (χ3n) is 3.69. The number of likely N-dealkylation sites (tertiary alicyclic amines) is 1. The van der Waals surface area contributed by atoms with Crippen LogP contribution in [-0.2, 0) is 4.79 Å². The summed E-state index contributed by atoms with van der Waals surface area (Å²) in [7, 11) is 0. The highest BCUT2D eigenvalue weighted by Crippen LogP contribution is 2.29. The highest BCUT2D eigenvalue weighted by Gasteiger charge is 2.39. The number of hydrogen-bond donors (Lipinski definition) is 1. The minimum atomic E-state index is -0.506. The predicted molar refractivity (Wildman–Crippen MR) is 76.8 cm³/mol. The van der Waals surface area contributed by atoms with E-state index in [0.717, 1.165) is 11.0 Å². The van der Waals surface area contributed by atoms with Gasteiger partial charge in [0, 0.05) is 16.6 Å². The zero-order chi connectivity index (χ0) is 14.0. The molecule has 0 saturated carbocycles. The van der Waals surface area contributed by atoms with Crippen molar-refractivity contribution in [3.63, 3.8) is 0 Å². The lowest BCUT2D eigenvalue weighted by Gasteiger charge is -2.20. The lowest BCUT2D eigenvalue weighted by atomic mass is 9.89. The number of Topliss-reactive ketones (excluding diaryl/α,β-unsaturated/α-hetero) is 1. The van der Waals surface area contributed by atoms with Gasteiger partial charge in [0.25, 0.3) is 0 Å².